The van der Waals surface area contributed by atoms with E-state index < -0.39 is 0 Å². The van der Waals surface area contributed by atoms with Gasteiger partial charge in [-0.05, 0) is 30.9 Å². The summed E-state index contributed by atoms with van der Waals surface area (Å²) in [7, 11) is 0. The van der Waals surface area contributed by atoms with E-state index in [1.165, 1.54) is 0 Å². The number of pyridine rings is 1. The quantitative estimate of drug-likeness (QED) is 0.767. The smallest absolute Gasteiger partial charge is 0.128 e. The molecule has 0 saturated carbocycles. The zero-order valence-electron chi connectivity index (χ0n) is 8.26. The first kappa shape index (κ1) is 9.46. The van der Waals surface area contributed by atoms with Crippen molar-refractivity contribution < 1.29 is 5.11 Å². The molecule has 1 atom stereocenters. The topological polar surface area (TPSA) is 36.4 Å². The fourth-order valence-electron chi connectivity index (χ4n) is 1.96. The Morgan fingerprint density at radius 3 is 3.14 bits per heavy atom. The highest BCUT2D eigenvalue weighted by molar-refractivity contribution is 5.38. The van der Waals surface area contributed by atoms with Crippen LogP contribution in [0.3, 0.4) is 0 Å². The summed E-state index contributed by atoms with van der Waals surface area (Å²) in [5.41, 5.74) is 0. The maximum Gasteiger partial charge on any atom is 0.128 e. The van der Waals surface area contributed by atoms with Crippen LogP contribution in [0, 0.1) is 5.92 Å². The number of hydrogen-bond acceptors (Lipinski definition) is 3. The Morgan fingerprint density at radius 1 is 1.50 bits per heavy atom. The first-order valence-corrected chi connectivity index (χ1v) is 5.17. The predicted octanol–water partition coefficient (Wildman–Crippen LogP) is 1.29. The van der Waals surface area contributed by atoms with E-state index in [1.54, 1.807) is 0 Å². The average molecular weight is 192 g/mol. The molecule has 0 amide bonds. The molecular formula is C11H16N2O. The van der Waals surface area contributed by atoms with Crippen LogP contribution in [-0.2, 0) is 0 Å². The van der Waals surface area contributed by atoms with Crippen LogP contribution in [0.15, 0.2) is 24.4 Å². The lowest BCUT2D eigenvalue weighted by atomic mass is 9.99. The van der Waals surface area contributed by atoms with Gasteiger partial charge in [-0.2, -0.15) is 0 Å². The molecular weight excluding hydrogens is 176 g/mol. The van der Waals surface area contributed by atoms with Crippen molar-refractivity contribution in [2.45, 2.75) is 12.8 Å². The zero-order chi connectivity index (χ0) is 9.80. The lowest BCUT2D eigenvalue weighted by Gasteiger charge is -2.32. The summed E-state index contributed by atoms with van der Waals surface area (Å²) < 4.78 is 0. The summed E-state index contributed by atoms with van der Waals surface area (Å²) in [6, 6.07) is 5.96. The molecule has 1 aliphatic heterocycles. The third-order valence-corrected chi connectivity index (χ3v) is 2.75. The molecule has 0 aliphatic carbocycles. The standard InChI is InChI=1S/C11H16N2O/c14-9-10-4-3-7-13(8-10)11-5-1-2-6-12-11/h1-2,5-6,10,14H,3-4,7-9H2. The SMILES string of the molecule is OCC1CCCN(c2ccccn2)C1. The van der Waals surface area contributed by atoms with Crippen molar-refractivity contribution >= 4 is 5.82 Å². The van der Waals surface area contributed by atoms with Crippen molar-refractivity contribution in [2.75, 3.05) is 24.6 Å². The fraction of sp³-hybridized carbons (Fsp3) is 0.545. The summed E-state index contributed by atoms with van der Waals surface area (Å²) in [4.78, 5) is 6.57. The minimum Gasteiger partial charge on any atom is -0.396 e. The number of hydrogen-bond donors (Lipinski definition) is 1. The third-order valence-electron chi connectivity index (χ3n) is 2.75. The van der Waals surface area contributed by atoms with Crippen LogP contribution in [0.4, 0.5) is 5.82 Å². The van der Waals surface area contributed by atoms with E-state index in [2.05, 4.69) is 9.88 Å². The highest BCUT2D eigenvalue weighted by Crippen LogP contribution is 2.20. The van der Waals surface area contributed by atoms with Crippen molar-refractivity contribution in [1.29, 1.82) is 0 Å². The summed E-state index contributed by atoms with van der Waals surface area (Å²) in [5, 5.41) is 9.11. The van der Waals surface area contributed by atoms with Crippen LogP contribution in [0.2, 0.25) is 0 Å². The maximum absolute atomic E-state index is 9.11. The van der Waals surface area contributed by atoms with Crippen LogP contribution in [0.25, 0.3) is 0 Å². The monoisotopic (exact) mass is 192 g/mol. The fourth-order valence-corrected chi connectivity index (χ4v) is 1.96. The van der Waals surface area contributed by atoms with Gasteiger partial charge in [-0.15, -0.1) is 0 Å². The van der Waals surface area contributed by atoms with E-state index in [4.69, 9.17) is 5.11 Å². The maximum atomic E-state index is 9.11. The van der Waals surface area contributed by atoms with E-state index in [1.807, 2.05) is 24.4 Å². The lowest BCUT2D eigenvalue weighted by molar-refractivity contribution is 0.208. The molecule has 1 aromatic heterocycles. The molecule has 1 N–H and O–H groups in total. The van der Waals surface area contributed by atoms with Gasteiger partial charge in [0.2, 0.25) is 0 Å². The number of aliphatic hydroxyl groups excluding tert-OH is 1. The Kier molecular flexibility index (Phi) is 2.99. The Bertz CT molecular complexity index is 276. The summed E-state index contributed by atoms with van der Waals surface area (Å²) in [6.07, 6.45) is 4.11. The van der Waals surface area contributed by atoms with Gasteiger partial charge >= 0.3 is 0 Å². The van der Waals surface area contributed by atoms with Crippen molar-refractivity contribution in [1.82, 2.24) is 4.98 Å². The molecule has 1 aliphatic rings. The molecule has 1 unspecified atom stereocenters. The molecule has 3 heteroatoms. The Balaban J connectivity index is 2.04. The van der Waals surface area contributed by atoms with Crippen LogP contribution < -0.4 is 4.90 Å². The third kappa shape index (κ3) is 2.04. The van der Waals surface area contributed by atoms with E-state index in [0.29, 0.717) is 12.5 Å². The van der Waals surface area contributed by atoms with Gasteiger partial charge in [0.1, 0.15) is 5.82 Å². The van der Waals surface area contributed by atoms with Gasteiger partial charge in [-0.1, -0.05) is 6.07 Å². The summed E-state index contributed by atoms with van der Waals surface area (Å²) in [6.45, 7) is 2.30. The largest absolute Gasteiger partial charge is 0.396 e. The van der Waals surface area contributed by atoms with Crippen LogP contribution in [-0.4, -0.2) is 29.8 Å². The second-order valence-electron chi connectivity index (χ2n) is 3.82. The van der Waals surface area contributed by atoms with Gasteiger partial charge in [-0.25, -0.2) is 4.98 Å². The van der Waals surface area contributed by atoms with Gasteiger partial charge in [0, 0.05) is 25.9 Å². The van der Waals surface area contributed by atoms with E-state index in [-0.39, 0.29) is 0 Å². The highest BCUT2D eigenvalue weighted by atomic mass is 16.3. The second kappa shape index (κ2) is 4.42. The molecule has 0 radical (unpaired) electrons. The zero-order valence-corrected chi connectivity index (χ0v) is 8.26. The highest BCUT2D eigenvalue weighted by Gasteiger charge is 2.19. The number of rotatable bonds is 2. The number of aliphatic hydroxyl groups is 1. The van der Waals surface area contributed by atoms with Crippen LogP contribution in [0.5, 0.6) is 0 Å². The van der Waals surface area contributed by atoms with E-state index >= 15 is 0 Å². The minimum atomic E-state index is 0.295. The average Bonchev–Trinajstić information content (AvgIpc) is 2.30. The Morgan fingerprint density at radius 2 is 2.43 bits per heavy atom. The van der Waals surface area contributed by atoms with Crippen LogP contribution in [0.1, 0.15) is 12.8 Å². The van der Waals surface area contributed by atoms with E-state index in [9.17, 15) is 0 Å². The second-order valence-corrected chi connectivity index (χ2v) is 3.82. The molecule has 2 heterocycles. The lowest BCUT2D eigenvalue weighted by Crippen LogP contribution is -2.37. The van der Waals surface area contributed by atoms with Gasteiger partial charge in [0.05, 0.1) is 0 Å². The molecule has 0 bridgehead atoms. The number of aromatic nitrogens is 1. The number of anilines is 1. The van der Waals surface area contributed by atoms with Gasteiger partial charge in [-0.3, -0.25) is 0 Å². The Hall–Kier alpha value is -1.09. The Labute approximate surface area is 84.4 Å². The van der Waals surface area contributed by atoms with Gasteiger partial charge in [0.15, 0.2) is 0 Å². The molecule has 1 aromatic rings. The van der Waals surface area contributed by atoms with Crippen LogP contribution >= 0.6 is 0 Å². The molecule has 0 aromatic carbocycles. The first-order chi connectivity index (χ1) is 6.90. The van der Waals surface area contributed by atoms with Gasteiger partial charge in [0.25, 0.3) is 0 Å². The van der Waals surface area contributed by atoms with Crippen molar-refractivity contribution in [3.05, 3.63) is 24.4 Å². The molecule has 0 spiro atoms. The molecule has 14 heavy (non-hydrogen) atoms. The number of piperidine rings is 1. The molecule has 1 fully saturated rings. The molecule has 1 saturated heterocycles. The summed E-state index contributed by atoms with van der Waals surface area (Å²) >= 11 is 0. The van der Waals surface area contributed by atoms with Crippen molar-refractivity contribution in [3.63, 3.8) is 0 Å². The molecule has 76 valence electrons. The molecule has 3 nitrogen and oxygen atoms in total. The van der Waals surface area contributed by atoms with Crippen molar-refractivity contribution in [2.24, 2.45) is 5.92 Å². The van der Waals surface area contributed by atoms with E-state index in [0.717, 1.165) is 31.7 Å². The number of nitrogens with zero attached hydrogens (tertiary/aromatic N) is 2. The normalized spacial score (nSPS) is 22.4. The molecule has 2 rings (SSSR count). The van der Waals surface area contributed by atoms with Crippen molar-refractivity contribution in [3.8, 4) is 0 Å². The first-order valence-electron chi connectivity index (χ1n) is 5.17. The predicted molar refractivity (Wildman–Crippen MR) is 56.3 cm³/mol. The van der Waals surface area contributed by atoms with Gasteiger partial charge < -0.3 is 10.0 Å². The minimum absolute atomic E-state index is 0.295. The summed E-state index contributed by atoms with van der Waals surface area (Å²) in [5.74, 6) is 1.46.